The van der Waals surface area contributed by atoms with E-state index < -0.39 is 0 Å². The second-order valence-corrected chi connectivity index (χ2v) is 5.19. The Morgan fingerprint density at radius 3 is 2.72 bits per heavy atom. The van der Waals surface area contributed by atoms with Gasteiger partial charge in [0, 0.05) is 30.7 Å². The number of nitrogens with zero attached hydrogens (tertiary/aromatic N) is 2. The first-order valence-electron chi connectivity index (χ1n) is 6.37. The first kappa shape index (κ1) is 11.3. The molecule has 2 heteroatoms. The smallest absolute Gasteiger partial charge is 0.0944 e. The third-order valence-electron chi connectivity index (χ3n) is 4.01. The van der Waals surface area contributed by atoms with Crippen LogP contribution in [0, 0.1) is 13.8 Å². The molecular formula is C16H18N2. The predicted molar refractivity (Wildman–Crippen MR) is 78.1 cm³/mol. The molecular weight excluding hydrogens is 220 g/mol. The first-order valence-corrected chi connectivity index (χ1v) is 6.37. The molecule has 0 spiro atoms. The maximum atomic E-state index is 4.67. The van der Waals surface area contributed by atoms with Crippen molar-refractivity contribution in [2.24, 2.45) is 0 Å². The number of fused-ring (bicyclic) bond motifs is 3. The molecule has 0 atom stereocenters. The van der Waals surface area contributed by atoms with E-state index in [1.165, 1.54) is 33.3 Å². The van der Waals surface area contributed by atoms with Crippen molar-refractivity contribution in [2.75, 3.05) is 18.5 Å². The summed E-state index contributed by atoms with van der Waals surface area (Å²) >= 11 is 0. The Labute approximate surface area is 108 Å². The standard InChI is InChI=1S/C16H18N2/c1-10-7-8-18(4)16-13(10)5-6-14-12(3)11(2)9-17-15(14)16/h5-7,9H,8H2,1-4H3. The van der Waals surface area contributed by atoms with Gasteiger partial charge in [-0.05, 0) is 37.5 Å². The Hall–Kier alpha value is -1.83. The molecule has 2 nitrogen and oxygen atoms in total. The highest BCUT2D eigenvalue weighted by atomic mass is 15.1. The van der Waals surface area contributed by atoms with E-state index in [4.69, 9.17) is 0 Å². The summed E-state index contributed by atoms with van der Waals surface area (Å²) in [6, 6.07) is 4.44. The molecule has 2 aromatic rings. The number of rotatable bonds is 0. The summed E-state index contributed by atoms with van der Waals surface area (Å²) in [6.07, 6.45) is 4.26. The zero-order chi connectivity index (χ0) is 12.9. The summed E-state index contributed by atoms with van der Waals surface area (Å²) in [6.45, 7) is 7.44. The number of hydrogen-bond donors (Lipinski definition) is 0. The quantitative estimate of drug-likeness (QED) is 0.695. The van der Waals surface area contributed by atoms with Gasteiger partial charge >= 0.3 is 0 Å². The zero-order valence-electron chi connectivity index (χ0n) is 11.4. The molecule has 18 heavy (non-hydrogen) atoms. The Morgan fingerprint density at radius 1 is 1.17 bits per heavy atom. The number of likely N-dealkylation sites (N-methyl/N-ethyl adjacent to an activating group) is 1. The van der Waals surface area contributed by atoms with Gasteiger partial charge in [0.1, 0.15) is 0 Å². The molecule has 0 amide bonds. The summed E-state index contributed by atoms with van der Waals surface area (Å²) in [7, 11) is 2.14. The minimum atomic E-state index is 0.965. The van der Waals surface area contributed by atoms with E-state index in [1.54, 1.807) is 0 Å². The monoisotopic (exact) mass is 238 g/mol. The molecule has 0 radical (unpaired) electrons. The van der Waals surface area contributed by atoms with Gasteiger partial charge in [-0.15, -0.1) is 0 Å². The maximum absolute atomic E-state index is 4.67. The van der Waals surface area contributed by atoms with Crippen LogP contribution in [-0.4, -0.2) is 18.6 Å². The van der Waals surface area contributed by atoms with Crippen LogP contribution in [0.1, 0.15) is 23.6 Å². The topological polar surface area (TPSA) is 16.1 Å². The summed E-state index contributed by atoms with van der Waals surface area (Å²) in [4.78, 5) is 6.96. The molecule has 3 rings (SSSR count). The third kappa shape index (κ3) is 1.45. The third-order valence-corrected chi connectivity index (χ3v) is 4.01. The zero-order valence-corrected chi connectivity index (χ0v) is 11.4. The fourth-order valence-electron chi connectivity index (χ4n) is 2.66. The van der Waals surface area contributed by atoms with Crippen molar-refractivity contribution in [2.45, 2.75) is 20.8 Å². The SMILES string of the molecule is CC1=CCN(C)c2c1ccc1c(C)c(C)cnc21. The van der Waals surface area contributed by atoms with Gasteiger partial charge in [-0.25, -0.2) is 0 Å². The van der Waals surface area contributed by atoms with E-state index in [1.807, 2.05) is 6.20 Å². The van der Waals surface area contributed by atoms with Gasteiger partial charge in [0.05, 0.1) is 11.2 Å². The van der Waals surface area contributed by atoms with Gasteiger partial charge in [0.25, 0.3) is 0 Å². The van der Waals surface area contributed by atoms with Crippen LogP contribution in [0.25, 0.3) is 16.5 Å². The van der Waals surface area contributed by atoms with Crippen LogP contribution >= 0.6 is 0 Å². The van der Waals surface area contributed by atoms with Crippen molar-refractivity contribution in [1.82, 2.24) is 4.98 Å². The molecule has 0 aliphatic carbocycles. The van der Waals surface area contributed by atoms with Crippen LogP contribution in [0.3, 0.4) is 0 Å². The lowest BCUT2D eigenvalue weighted by Crippen LogP contribution is -2.22. The molecule has 1 aromatic carbocycles. The van der Waals surface area contributed by atoms with Crippen LogP contribution in [0.4, 0.5) is 5.69 Å². The number of anilines is 1. The number of hydrogen-bond acceptors (Lipinski definition) is 2. The first-order chi connectivity index (χ1) is 8.59. The maximum Gasteiger partial charge on any atom is 0.0944 e. The minimum absolute atomic E-state index is 0.965. The van der Waals surface area contributed by atoms with Gasteiger partial charge in [-0.1, -0.05) is 18.2 Å². The molecule has 0 saturated heterocycles. The molecule has 1 aliphatic heterocycles. The highest BCUT2D eigenvalue weighted by Gasteiger charge is 2.18. The van der Waals surface area contributed by atoms with E-state index in [9.17, 15) is 0 Å². The lowest BCUT2D eigenvalue weighted by atomic mass is 9.96. The number of aryl methyl sites for hydroxylation is 2. The molecule has 2 heterocycles. The molecule has 92 valence electrons. The summed E-state index contributed by atoms with van der Waals surface area (Å²) in [5.41, 5.74) is 7.66. The van der Waals surface area contributed by atoms with E-state index in [-0.39, 0.29) is 0 Å². The van der Waals surface area contributed by atoms with Crippen LogP contribution in [0.2, 0.25) is 0 Å². The molecule has 1 aliphatic rings. The van der Waals surface area contributed by atoms with Gasteiger partial charge in [0.15, 0.2) is 0 Å². The second-order valence-electron chi connectivity index (χ2n) is 5.19. The normalized spacial score (nSPS) is 14.7. The lowest BCUT2D eigenvalue weighted by molar-refractivity contribution is 1.01. The van der Waals surface area contributed by atoms with Crippen molar-refractivity contribution in [3.63, 3.8) is 0 Å². The van der Waals surface area contributed by atoms with Crippen LogP contribution in [0.15, 0.2) is 24.4 Å². The van der Waals surface area contributed by atoms with Crippen molar-refractivity contribution in [3.05, 3.63) is 41.1 Å². The Bertz CT molecular complexity index is 668. The van der Waals surface area contributed by atoms with E-state index >= 15 is 0 Å². The molecule has 0 fully saturated rings. The van der Waals surface area contributed by atoms with Crippen LogP contribution in [-0.2, 0) is 0 Å². The average Bonchev–Trinajstić information content (AvgIpc) is 2.37. The van der Waals surface area contributed by atoms with E-state index in [0.29, 0.717) is 0 Å². The highest BCUT2D eigenvalue weighted by molar-refractivity contribution is 6.00. The minimum Gasteiger partial charge on any atom is -0.369 e. The summed E-state index contributed by atoms with van der Waals surface area (Å²) in [5.74, 6) is 0. The molecule has 0 unspecified atom stereocenters. The van der Waals surface area contributed by atoms with E-state index in [0.717, 1.165) is 12.1 Å². The molecule has 0 saturated carbocycles. The van der Waals surface area contributed by atoms with Crippen LogP contribution < -0.4 is 4.90 Å². The van der Waals surface area contributed by atoms with Gasteiger partial charge in [-0.2, -0.15) is 0 Å². The lowest BCUT2D eigenvalue weighted by Gasteiger charge is -2.27. The van der Waals surface area contributed by atoms with Gasteiger partial charge in [-0.3, -0.25) is 4.98 Å². The summed E-state index contributed by atoms with van der Waals surface area (Å²) in [5, 5.41) is 1.27. The van der Waals surface area contributed by atoms with Crippen molar-refractivity contribution >= 4 is 22.2 Å². The number of allylic oxidation sites excluding steroid dienone is 1. The number of pyridine rings is 1. The molecule has 0 N–H and O–H groups in total. The van der Waals surface area contributed by atoms with Crippen LogP contribution in [0.5, 0.6) is 0 Å². The Kier molecular flexibility index (Phi) is 2.40. The van der Waals surface area contributed by atoms with Crippen molar-refractivity contribution in [1.29, 1.82) is 0 Å². The largest absolute Gasteiger partial charge is 0.369 e. The molecule has 0 bridgehead atoms. The fourth-order valence-corrected chi connectivity index (χ4v) is 2.66. The predicted octanol–water partition coefficient (Wildman–Crippen LogP) is 3.70. The summed E-state index contributed by atoms with van der Waals surface area (Å²) < 4.78 is 0. The number of benzene rings is 1. The fraction of sp³-hybridized carbons (Fsp3) is 0.312. The van der Waals surface area contributed by atoms with Crippen molar-refractivity contribution in [3.8, 4) is 0 Å². The van der Waals surface area contributed by atoms with E-state index in [2.05, 4.69) is 55.9 Å². The molecule has 1 aromatic heterocycles. The number of aromatic nitrogens is 1. The average molecular weight is 238 g/mol. The van der Waals surface area contributed by atoms with Gasteiger partial charge < -0.3 is 4.90 Å². The Morgan fingerprint density at radius 2 is 1.94 bits per heavy atom. The highest BCUT2D eigenvalue weighted by Crippen LogP contribution is 2.37. The Balaban J connectivity index is 2.43. The second kappa shape index (κ2) is 3.84. The van der Waals surface area contributed by atoms with Gasteiger partial charge in [0.2, 0.25) is 0 Å². The van der Waals surface area contributed by atoms with Crippen molar-refractivity contribution < 1.29 is 0 Å².